The van der Waals surface area contributed by atoms with Crippen LogP contribution in [0.1, 0.15) is 25.3 Å². The average molecular weight is 456 g/mol. The number of carbonyl (C=O) groups excluding carboxylic acids is 2. The summed E-state index contributed by atoms with van der Waals surface area (Å²) in [5.74, 6) is -0.384. The summed E-state index contributed by atoms with van der Waals surface area (Å²) in [6, 6.07) is 4.23. The van der Waals surface area contributed by atoms with E-state index in [1.54, 1.807) is 23.2 Å². The number of unbranched alkanes of at least 4 members (excludes halogenated alkanes) is 1. The summed E-state index contributed by atoms with van der Waals surface area (Å²) >= 11 is 1.41. The van der Waals surface area contributed by atoms with E-state index in [1.807, 2.05) is 6.92 Å². The molecule has 1 aromatic rings. The first-order chi connectivity index (χ1) is 14.7. The zero-order valence-electron chi connectivity index (χ0n) is 16.9. The molecule has 1 fully saturated rings. The minimum atomic E-state index is -4.80. The van der Waals surface area contributed by atoms with Gasteiger partial charge < -0.3 is 20.7 Å². The van der Waals surface area contributed by atoms with E-state index in [1.165, 1.54) is 30.0 Å². The van der Waals surface area contributed by atoms with Crippen molar-refractivity contribution in [2.24, 2.45) is 5.73 Å². The number of amides is 1. The molecule has 3 N–H and O–H groups in total. The molecule has 2 aliphatic heterocycles. The number of Topliss-reactive ketones (excluding diaryl/α,β-unsaturated/α-hetero) is 1. The molecule has 6 nitrogen and oxygen atoms in total. The molecule has 2 atom stereocenters. The van der Waals surface area contributed by atoms with Crippen molar-refractivity contribution < 1.29 is 27.5 Å². The van der Waals surface area contributed by atoms with Gasteiger partial charge in [-0.15, -0.1) is 24.9 Å². The Hall–Kier alpha value is -2.46. The number of fused-ring (bicyclic) bond motifs is 1. The number of benzene rings is 1. The highest BCUT2D eigenvalue weighted by molar-refractivity contribution is 8.03. The highest BCUT2D eigenvalue weighted by Gasteiger charge is 2.39. The second-order valence-corrected chi connectivity index (χ2v) is 8.42. The van der Waals surface area contributed by atoms with Crippen molar-refractivity contribution in [1.82, 2.24) is 10.2 Å². The Morgan fingerprint density at radius 2 is 2.16 bits per heavy atom. The molecule has 3 rings (SSSR count). The van der Waals surface area contributed by atoms with Crippen LogP contribution in [-0.2, 0) is 16.1 Å². The van der Waals surface area contributed by atoms with Crippen LogP contribution in [0, 0.1) is 0 Å². The molecule has 0 aliphatic carbocycles. The molecule has 2 heterocycles. The molecule has 0 aromatic heterocycles. The molecule has 0 spiro atoms. The molecule has 1 saturated heterocycles. The highest BCUT2D eigenvalue weighted by atomic mass is 32.2. The summed E-state index contributed by atoms with van der Waals surface area (Å²) in [4.78, 5) is 27.7. The van der Waals surface area contributed by atoms with Gasteiger partial charge in [0.15, 0.2) is 5.78 Å². The van der Waals surface area contributed by atoms with Crippen LogP contribution >= 0.6 is 11.8 Å². The molecule has 0 saturated carbocycles. The van der Waals surface area contributed by atoms with E-state index >= 15 is 0 Å². The van der Waals surface area contributed by atoms with Crippen LogP contribution in [0.3, 0.4) is 0 Å². The first-order valence-corrected chi connectivity index (χ1v) is 10.9. The van der Waals surface area contributed by atoms with E-state index in [9.17, 15) is 22.8 Å². The van der Waals surface area contributed by atoms with Crippen molar-refractivity contribution >= 4 is 23.5 Å². The smallest absolute Gasteiger partial charge is 0.406 e. The number of ether oxygens (including phenoxy) is 1. The average Bonchev–Trinajstić information content (AvgIpc) is 2.69. The van der Waals surface area contributed by atoms with E-state index in [2.05, 4.69) is 10.1 Å². The lowest BCUT2D eigenvalue weighted by atomic mass is 9.98. The fourth-order valence-electron chi connectivity index (χ4n) is 3.37. The van der Waals surface area contributed by atoms with Gasteiger partial charge in [0.25, 0.3) is 5.91 Å². The number of nitrogens with two attached hydrogens (primary N) is 1. The van der Waals surface area contributed by atoms with Crippen LogP contribution < -0.4 is 15.8 Å². The summed E-state index contributed by atoms with van der Waals surface area (Å²) < 4.78 is 41.7. The van der Waals surface area contributed by atoms with Crippen LogP contribution in [0.15, 0.2) is 47.0 Å². The summed E-state index contributed by atoms with van der Waals surface area (Å²) in [5.41, 5.74) is 6.83. The zero-order chi connectivity index (χ0) is 22.6. The molecule has 0 radical (unpaired) electrons. The van der Waals surface area contributed by atoms with Crippen molar-refractivity contribution in [3.8, 4) is 5.75 Å². The van der Waals surface area contributed by atoms with Gasteiger partial charge >= 0.3 is 6.36 Å². The van der Waals surface area contributed by atoms with Gasteiger partial charge in [0.05, 0.1) is 11.6 Å². The number of halogens is 3. The zero-order valence-corrected chi connectivity index (χ0v) is 17.8. The maximum atomic E-state index is 12.8. The third kappa shape index (κ3) is 6.04. The topological polar surface area (TPSA) is 84.7 Å². The Labute approximate surface area is 182 Å². The van der Waals surface area contributed by atoms with Gasteiger partial charge in [-0.3, -0.25) is 9.59 Å². The first-order valence-electron chi connectivity index (χ1n) is 9.92. The lowest BCUT2D eigenvalue weighted by Crippen LogP contribution is -2.52. The second-order valence-electron chi connectivity index (χ2n) is 7.33. The largest absolute Gasteiger partial charge is 0.573 e. The summed E-state index contributed by atoms with van der Waals surface area (Å²) in [6.45, 7) is 2.67. The third-order valence-corrected chi connectivity index (χ3v) is 6.04. The Morgan fingerprint density at radius 1 is 1.39 bits per heavy atom. The van der Waals surface area contributed by atoms with Gasteiger partial charge in [0, 0.05) is 29.9 Å². The van der Waals surface area contributed by atoms with Gasteiger partial charge in [-0.05, 0) is 30.2 Å². The summed E-state index contributed by atoms with van der Waals surface area (Å²) in [5, 5.41) is 2.85. The molecule has 2 aliphatic rings. The molecule has 168 valence electrons. The first kappa shape index (κ1) is 23.2. The van der Waals surface area contributed by atoms with Gasteiger partial charge in [-0.25, -0.2) is 0 Å². The number of nitrogens with zero attached hydrogens (tertiary/aromatic N) is 1. The molecular weight excluding hydrogens is 431 g/mol. The quantitative estimate of drug-likeness (QED) is 0.615. The summed E-state index contributed by atoms with van der Waals surface area (Å²) in [6.07, 6.45) is 0.249. The number of hydrogen-bond acceptors (Lipinski definition) is 6. The predicted molar refractivity (Wildman–Crippen MR) is 112 cm³/mol. The van der Waals surface area contributed by atoms with Crippen molar-refractivity contribution in [2.45, 2.75) is 44.8 Å². The van der Waals surface area contributed by atoms with Crippen molar-refractivity contribution in [3.63, 3.8) is 0 Å². The van der Waals surface area contributed by atoms with Crippen LogP contribution in [0.2, 0.25) is 0 Å². The Kier molecular flexibility index (Phi) is 7.32. The Bertz CT molecular complexity index is 901. The SMILES string of the molecule is CCCCNC(=O)C1=CN(Cc2cccc(OC(F)(F)F)c2)C2C(=O)[C@@H](N)CSC2=C1. The molecule has 1 unspecified atom stereocenters. The monoisotopic (exact) mass is 455 g/mol. The van der Waals surface area contributed by atoms with Crippen molar-refractivity contribution in [3.05, 3.63) is 52.6 Å². The predicted octanol–water partition coefficient (Wildman–Crippen LogP) is 3.10. The number of alkyl halides is 3. The number of carbonyl (C=O) groups is 2. The molecule has 0 bridgehead atoms. The minimum absolute atomic E-state index is 0.113. The van der Waals surface area contributed by atoms with Crippen LogP contribution in [0.5, 0.6) is 5.75 Å². The van der Waals surface area contributed by atoms with Crippen LogP contribution in [0.4, 0.5) is 13.2 Å². The van der Waals surface area contributed by atoms with Gasteiger partial charge in [-0.1, -0.05) is 25.5 Å². The standard InChI is InChI=1S/C21H24F3N3O3S/c1-2-3-7-26-20(29)14-9-17-18(19(28)16(25)12-31-17)27(11-14)10-13-5-4-6-15(8-13)30-21(22,23)24/h4-6,8-9,11,16,18H,2-3,7,10,12,25H2,1H3,(H,26,29)/t16-,18?/m0/s1. The molecule has 1 aromatic carbocycles. The number of hydrogen-bond donors (Lipinski definition) is 2. The Balaban J connectivity index is 1.86. The van der Waals surface area contributed by atoms with E-state index in [0.29, 0.717) is 28.3 Å². The lowest BCUT2D eigenvalue weighted by molar-refractivity contribution is -0.274. The van der Waals surface area contributed by atoms with Gasteiger partial charge in [0.1, 0.15) is 11.8 Å². The lowest BCUT2D eigenvalue weighted by Gasteiger charge is -2.39. The molecule has 10 heteroatoms. The summed E-state index contributed by atoms with van der Waals surface area (Å²) in [7, 11) is 0. The van der Waals surface area contributed by atoms with E-state index in [0.717, 1.165) is 12.8 Å². The second kappa shape index (κ2) is 9.78. The number of rotatable bonds is 7. The van der Waals surface area contributed by atoms with Crippen molar-refractivity contribution in [2.75, 3.05) is 12.3 Å². The van der Waals surface area contributed by atoms with Crippen molar-refractivity contribution in [1.29, 1.82) is 0 Å². The minimum Gasteiger partial charge on any atom is -0.406 e. The third-order valence-electron chi connectivity index (χ3n) is 4.84. The van der Waals surface area contributed by atoms with E-state index in [-0.39, 0.29) is 24.0 Å². The molecular formula is C21H24F3N3O3S. The maximum absolute atomic E-state index is 12.8. The van der Waals surface area contributed by atoms with E-state index in [4.69, 9.17) is 5.73 Å². The maximum Gasteiger partial charge on any atom is 0.573 e. The number of thioether (sulfide) groups is 1. The molecule has 1 amide bonds. The van der Waals surface area contributed by atoms with Gasteiger partial charge in [-0.2, -0.15) is 0 Å². The fourth-order valence-corrected chi connectivity index (χ4v) is 4.53. The normalized spacial score (nSPS) is 21.2. The fraction of sp³-hybridized carbons (Fsp3) is 0.429. The number of nitrogens with one attached hydrogen (secondary N) is 1. The number of ketones is 1. The highest BCUT2D eigenvalue weighted by Crippen LogP contribution is 2.36. The van der Waals surface area contributed by atoms with Crippen LogP contribution in [0.25, 0.3) is 0 Å². The van der Waals surface area contributed by atoms with Crippen LogP contribution in [-0.4, -0.2) is 47.3 Å². The van der Waals surface area contributed by atoms with Gasteiger partial charge in [0.2, 0.25) is 0 Å². The molecule has 31 heavy (non-hydrogen) atoms. The van der Waals surface area contributed by atoms with E-state index < -0.39 is 18.4 Å². The Morgan fingerprint density at radius 3 is 2.87 bits per heavy atom.